The SMILES string of the molecule is O=C(O)c1c(NC(=O)N2CCc3ccccc3C2)csc1-c1ccc(Br)cc1. The van der Waals surface area contributed by atoms with Crippen molar-refractivity contribution in [2.24, 2.45) is 0 Å². The molecule has 4 rings (SSSR count). The van der Waals surface area contributed by atoms with Crippen molar-refractivity contribution in [3.63, 3.8) is 0 Å². The van der Waals surface area contributed by atoms with Gasteiger partial charge in [0.25, 0.3) is 0 Å². The van der Waals surface area contributed by atoms with Crippen LogP contribution in [0.3, 0.4) is 0 Å². The van der Waals surface area contributed by atoms with Gasteiger partial charge in [-0.1, -0.05) is 52.3 Å². The van der Waals surface area contributed by atoms with Gasteiger partial charge in [0, 0.05) is 22.9 Å². The second-order valence-corrected chi connectivity index (χ2v) is 8.33. The standard InChI is InChI=1S/C21H17BrN2O3S/c22-16-7-5-14(6-8-16)19-18(20(25)26)17(12-28-19)23-21(27)24-10-9-13-3-1-2-4-15(13)11-24/h1-8,12H,9-11H2,(H,23,27)(H,25,26). The van der Waals surface area contributed by atoms with Gasteiger partial charge in [0.1, 0.15) is 5.56 Å². The second-order valence-electron chi connectivity index (χ2n) is 6.54. The monoisotopic (exact) mass is 456 g/mol. The number of carboxylic acid groups (broad SMARTS) is 1. The van der Waals surface area contributed by atoms with Crippen molar-refractivity contribution >= 4 is 45.0 Å². The Kier molecular flexibility index (Phi) is 5.19. The molecule has 0 unspecified atom stereocenters. The van der Waals surface area contributed by atoms with Crippen LogP contribution in [0.5, 0.6) is 0 Å². The van der Waals surface area contributed by atoms with Crippen LogP contribution < -0.4 is 5.32 Å². The minimum atomic E-state index is -1.06. The molecule has 0 atom stereocenters. The zero-order valence-electron chi connectivity index (χ0n) is 14.8. The zero-order chi connectivity index (χ0) is 19.7. The fourth-order valence-electron chi connectivity index (χ4n) is 3.34. The first-order chi connectivity index (χ1) is 13.5. The number of amides is 2. The molecule has 0 saturated heterocycles. The quantitative estimate of drug-likeness (QED) is 0.549. The van der Waals surface area contributed by atoms with E-state index in [0.717, 1.165) is 22.0 Å². The highest BCUT2D eigenvalue weighted by molar-refractivity contribution is 9.10. The van der Waals surface area contributed by atoms with Crippen molar-refractivity contribution < 1.29 is 14.7 Å². The van der Waals surface area contributed by atoms with E-state index in [0.29, 0.717) is 23.7 Å². The zero-order valence-corrected chi connectivity index (χ0v) is 17.2. The van der Waals surface area contributed by atoms with Crippen molar-refractivity contribution in [3.8, 4) is 10.4 Å². The van der Waals surface area contributed by atoms with Gasteiger partial charge in [-0.3, -0.25) is 0 Å². The molecule has 7 heteroatoms. The molecule has 1 aliphatic heterocycles. The maximum atomic E-state index is 12.8. The normalized spacial score (nSPS) is 13.1. The second kappa shape index (κ2) is 7.77. The highest BCUT2D eigenvalue weighted by Gasteiger charge is 2.25. The number of halogens is 1. The molecule has 1 aliphatic rings. The van der Waals surface area contributed by atoms with Gasteiger partial charge in [0.2, 0.25) is 0 Å². The predicted octanol–water partition coefficient (Wildman–Crippen LogP) is 5.47. The highest BCUT2D eigenvalue weighted by atomic mass is 79.9. The van der Waals surface area contributed by atoms with Crippen LogP contribution >= 0.6 is 27.3 Å². The molecule has 2 N–H and O–H groups in total. The molecule has 0 bridgehead atoms. The molecule has 0 saturated carbocycles. The minimum absolute atomic E-state index is 0.123. The van der Waals surface area contributed by atoms with Crippen molar-refractivity contribution in [2.75, 3.05) is 11.9 Å². The summed E-state index contributed by atoms with van der Waals surface area (Å²) >= 11 is 4.69. The Morgan fingerprint density at radius 2 is 1.79 bits per heavy atom. The molecule has 0 aliphatic carbocycles. The molecular formula is C21H17BrN2O3S. The molecule has 0 radical (unpaired) electrons. The van der Waals surface area contributed by atoms with Gasteiger partial charge in [-0.05, 0) is 35.2 Å². The van der Waals surface area contributed by atoms with Crippen LogP contribution in [0.15, 0.2) is 58.4 Å². The van der Waals surface area contributed by atoms with Gasteiger partial charge in [-0.2, -0.15) is 0 Å². The van der Waals surface area contributed by atoms with E-state index < -0.39 is 5.97 Å². The third kappa shape index (κ3) is 3.68. The summed E-state index contributed by atoms with van der Waals surface area (Å²) in [5, 5.41) is 14.2. The lowest BCUT2D eigenvalue weighted by Crippen LogP contribution is -2.39. The molecule has 5 nitrogen and oxygen atoms in total. The summed E-state index contributed by atoms with van der Waals surface area (Å²) in [6, 6.07) is 15.2. The first-order valence-corrected chi connectivity index (χ1v) is 10.4. The Morgan fingerprint density at radius 3 is 2.50 bits per heavy atom. The molecule has 142 valence electrons. The number of anilines is 1. The molecular weight excluding hydrogens is 440 g/mol. The lowest BCUT2D eigenvalue weighted by Gasteiger charge is -2.28. The summed E-state index contributed by atoms with van der Waals surface area (Å²) in [6.07, 6.45) is 0.795. The fourth-order valence-corrected chi connectivity index (χ4v) is 4.60. The van der Waals surface area contributed by atoms with E-state index in [1.807, 2.05) is 42.5 Å². The Hall–Kier alpha value is -2.64. The number of carbonyl (C=O) groups is 2. The van der Waals surface area contributed by atoms with Crippen molar-refractivity contribution in [2.45, 2.75) is 13.0 Å². The molecule has 2 heterocycles. The number of hydrogen-bond donors (Lipinski definition) is 2. The third-order valence-corrected chi connectivity index (χ3v) is 6.33. The molecule has 0 spiro atoms. The van der Waals surface area contributed by atoms with Crippen molar-refractivity contribution in [1.29, 1.82) is 0 Å². The van der Waals surface area contributed by atoms with E-state index in [9.17, 15) is 14.7 Å². The predicted molar refractivity (Wildman–Crippen MR) is 114 cm³/mol. The Labute approximate surface area is 174 Å². The van der Waals surface area contributed by atoms with Gasteiger partial charge in [0.05, 0.1) is 10.6 Å². The van der Waals surface area contributed by atoms with Gasteiger partial charge >= 0.3 is 12.0 Å². The Bertz CT molecular complexity index is 1050. The molecule has 28 heavy (non-hydrogen) atoms. The minimum Gasteiger partial charge on any atom is -0.478 e. The van der Waals surface area contributed by atoms with Gasteiger partial charge in [0.15, 0.2) is 0 Å². The first-order valence-electron chi connectivity index (χ1n) is 8.76. The van der Waals surface area contributed by atoms with Crippen LogP contribution in [0, 0.1) is 0 Å². The Morgan fingerprint density at radius 1 is 1.07 bits per heavy atom. The number of fused-ring (bicyclic) bond motifs is 1. The summed E-state index contributed by atoms with van der Waals surface area (Å²) in [4.78, 5) is 27.0. The average molecular weight is 457 g/mol. The number of rotatable bonds is 3. The van der Waals surface area contributed by atoms with E-state index >= 15 is 0 Å². The lowest BCUT2D eigenvalue weighted by molar-refractivity contribution is 0.0699. The summed E-state index contributed by atoms with van der Waals surface area (Å²) in [5.41, 5.74) is 3.64. The summed E-state index contributed by atoms with van der Waals surface area (Å²) < 4.78 is 0.920. The molecule has 2 amide bonds. The number of nitrogens with one attached hydrogen (secondary N) is 1. The number of benzene rings is 2. The van der Waals surface area contributed by atoms with Crippen LogP contribution in [0.2, 0.25) is 0 Å². The number of thiophene rings is 1. The summed E-state index contributed by atoms with van der Waals surface area (Å²) in [6.45, 7) is 1.13. The van der Waals surface area contributed by atoms with Gasteiger partial charge in [-0.25, -0.2) is 9.59 Å². The van der Waals surface area contributed by atoms with E-state index in [1.165, 1.54) is 16.9 Å². The highest BCUT2D eigenvalue weighted by Crippen LogP contribution is 2.37. The van der Waals surface area contributed by atoms with Crippen LogP contribution in [0.1, 0.15) is 21.5 Å². The number of urea groups is 1. The summed E-state index contributed by atoms with van der Waals surface area (Å²) in [7, 11) is 0. The van der Waals surface area contributed by atoms with Crippen molar-refractivity contribution in [1.82, 2.24) is 4.90 Å². The maximum absolute atomic E-state index is 12.8. The molecule has 3 aromatic rings. The molecule has 0 fully saturated rings. The third-order valence-electron chi connectivity index (χ3n) is 4.77. The van der Waals surface area contributed by atoms with Gasteiger partial charge in [-0.15, -0.1) is 11.3 Å². The number of carbonyl (C=O) groups excluding carboxylic acids is 1. The van der Waals surface area contributed by atoms with E-state index in [-0.39, 0.29) is 11.6 Å². The number of nitrogens with zero attached hydrogens (tertiary/aromatic N) is 1. The van der Waals surface area contributed by atoms with E-state index in [4.69, 9.17) is 0 Å². The lowest BCUT2D eigenvalue weighted by atomic mass is 10.0. The van der Waals surface area contributed by atoms with Gasteiger partial charge < -0.3 is 15.3 Å². The largest absolute Gasteiger partial charge is 0.478 e. The van der Waals surface area contributed by atoms with Crippen LogP contribution in [0.25, 0.3) is 10.4 Å². The molecule has 1 aromatic heterocycles. The first kappa shape index (κ1) is 18.7. The van der Waals surface area contributed by atoms with E-state index in [2.05, 4.69) is 27.3 Å². The van der Waals surface area contributed by atoms with Crippen LogP contribution in [0.4, 0.5) is 10.5 Å². The summed E-state index contributed by atoms with van der Waals surface area (Å²) in [5.74, 6) is -1.06. The number of aromatic carboxylic acids is 1. The fraction of sp³-hybridized carbons (Fsp3) is 0.143. The van der Waals surface area contributed by atoms with Crippen LogP contribution in [-0.4, -0.2) is 28.6 Å². The smallest absolute Gasteiger partial charge is 0.339 e. The van der Waals surface area contributed by atoms with E-state index in [1.54, 1.807) is 10.3 Å². The molecule has 2 aromatic carbocycles. The van der Waals surface area contributed by atoms with Crippen LogP contribution in [-0.2, 0) is 13.0 Å². The topological polar surface area (TPSA) is 69.6 Å². The average Bonchev–Trinajstić information content (AvgIpc) is 3.12. The number of carboxylic acids is 1. The maximum Gasteiger partial charge on any atom is 0.339 e. The number of hydrogen-bond acceptors (Lipinski definition) is 3. The Balaban J connectivity index is 1.57. The van der Waals surface area contributed by atoms with Crippen molar-refractivity contribution in [3.05, 3.63) is 75.1 Å².